The first-order valence-electron chi connectivity index (χ1n) is 7.90. The van der Waals surface area contributed by atoms with Crippen LogP contribution in [0.15, 0.2) is 34.5 Å². The molecule has 0 N–H and O–H groups in total. The predicted octanol–water partition coefficient (Wildman–Crippen LogP) is 3.31. The van der Waals surface area contributed by atoms with E-state index in [4.69, 9.17) is 11.6 Å². The fourth-order valence-electron chi connectivity index (χ4n) is 2.94. The van der Waals surface area contributed by atoms with E-state index in [1.54, 1.807) is 4.90 Å². The van der Waals surface area contributed by atoms with E-state index in [9.17, 15) is 13.2 Å². The Labute approximate surface area is 156 Å². The van der Waals surface area contributed by atoms with Gasteiger partial charge in [0, 0.05) is 19.3 Å². The highest BCUT2D eigenvalue weighted by molar-refractivity contribution is 7.91. The molecule has 1 amide bonds. The van der Waals surface area contributed by atoms with Crippen molar-refractivity contribution in [1.82, 2.24) is 4.31 Å². The zero-order valence-corrected chi connectivity index (χ0v) is 16.4. The first kappa shape index (κ1) is 18.4. The van der Waals surface area contributed by atoms with Crippen molar-refractivity contribution >= 4 is 44.6 Å². The standard InChI is InChI=1S/C17H19ClN2O3S2/c1-12-5-6-14-13(10-12)4-3-9-20(14)16(21)11-19(2)25(22,23)17-8-7-15(18)24-17/h5-8,10H,3-4,9,11H2,1-2H3. The van der Waals surface area contributed by atoms with Gasteiger partial charge in [-0.1, -0.05) is 29.3 Å². The highest BCUT2D eigenvalue weighted by Crippen LogP contribution is 2.30. The molecule has 2 aromatic rings. The molecule has 2 heterocycles. The molecule has 0 saturated carbocycles. The zero-order valence-electron chi connectivity index (χ0n) is 14.0. The molecule has 8 heteroatoms. The van der Waals surface area contributed by atoms with Crippen LogP contribution in [0.25, 0.3) is 0 Å². The Morgan fingerprint density at radius 1 is 1.32 bits per heavy atom. The van der Waals surface area contributed by atoms with Crippen LogP contribution in [0, 0.1) is 6.92 Å². The Morgan fingerprint density at radius 3 is 2.76 bits per heavy atom. The van der Waals surface area contributed by atoms with Gasteiger partial charge in [-0.2, -0.15) is 4.31 Å². The molecular formula is C17H19ClN2O3S2. The first-order valence-corrected chi connectivity index (χ1v) is 10.5. The Balaban J connectivity index is 1.79. The Hall–Kier alpha value is -1.41. The molecule has 3 rings (SSSR count). The molecule has 0 atom stereocenters. The van der Waals surface area contributed by atoms with E-state index in [2.05, 4.69) is 6.07 Å². The van der Waals surface area contributed by atoms with Crippen LogP contribution in [0.5, 0.6) is 0 Å². The second-order valence-corrected chi connectivity index (χ2v) is 10.1. The second kappa shape index (κ2) is 7.07. The van der Waals surface area contributed by atoms with Gasteiger partial charge in [0.1, 0.15) is 4.21 Å². The lowest BCUT2D eigenvalue weighted by atomic mass is 9.99. The molecule has 0 spiro atoms. The lowest BCUT2D eigenvalue weighted by Crippen LogP contribution is -2.43. The number of hydrogen-bond acceptors (Lipinski definition) is 4. The first-order chi connectivity index (χ1) is 11.8. The number of likely N-dealkylation sites (N-methyl/N-ethyl adjacent to an activating group) is 1. The predicted molar refractivity (Wildman–Crippen MR) is 101 cm³/mol. The zero-order chi connectivity index (χ0) is 18.2. The maximum Gasteiger partial charge on any atom is 0.252 e. The maximum absolute atomic E-state index is 12.7. The summed E-state index contributed by atoms with van der Waals surface area (Å²) in [6, 6.07) is 9.00. The van der Waals surface area contributed by atoms with Crippen LogP contribution in [0.2, 0.25) is 4.34 Å². The molecule has 0 saturated heterocycles. The fraction of sp³-hybridized carbons (Fsp3) is 0.353. The summed E-state index contributed by atoms with van der Waals surface area (Å²) >= 11 is 6.81. The van der Waals surface area contributed by atoms with Gasteiger partial charge in [0.05, 0.1) is 10.9 Å². The van der Waals surface area contributed by atoms with Crippen LogP contribution < -0.4 is 4.90 Å². The minimum absolute atomic E-state index is 0.141. The van der Waals surface area contributed by atoms with Crippen molar-refractivity contribution in [3.8, 4) is 0 Å². The van der Waals surface area contributed by atoms with Crippen LogP contribution in [0.4, 0.5) is 5.69 Å². The SMILES string of the molecule is Cc1ccc2c(c1)CCCN2C(=O)CN(C)S(=O)(=O)c1ccc(Cl)s1. The minimum Gasteiger partial charge on any atom is -0.311 e. The van der Waals surface area contributed by atoms with Gasteiger partial charge < -0.3 is 4.90 Å². The largest absolute Gasteiger partial charge is 0.311 e. The van der Waals surface area contributed by atoms with Crippen LogP contribution in [0.1, 0.15) is 17.5 Å². The summed E-state index contributed by atoms with van der Waals surface area (Å²) in [5.74, 6) is -0.224. The number of carbonyl (C=O) groups excluding carboxylic acids is 1. The van der Waals surface area contributed by atoms with E-state index in [1.165, 1.54) is 19.2 Å². The number of nitrogens with zero attached hydrogens (tertiary/aromatic N) is 2. The number of aryl methyl sites for hydroxylation is 2. The summed E-state index contributed by atoms with van der Waals surface area (Å²) in [5.41, 5.74) is 3.17. The molecule has 1 aliphatic heterocycles. The van der Waals surface area contributed by atoms with Gasteiger partial charge in [0.2, 0.25) is 5.91 Å². The van der Waals surface area contributed by atoms with Crippen molar-refractivity contribution in [2.24, 2.45) is 0 Å². The molecule has 1 aliphatic rings. The number of hydrogen-bond donors (Lipinski definition) is 0. The minimum atomic E-state index is -3.72. The maximum atomic E-state index is 12.7. The van der Waals surface area contributed by atoms with Gasteiger partial charge in [-0.3, -0.25) is 4.79 Å². The monoisotopic (exact) mass is 398 g/mol. The molecular weight excluding hydrogens is 380 g/mol. The number of fused-ring (bicyclic) bond motifs is 1. The number of anilines is 1. The van der Waals surface area contributed by atoms with Gasteiger partial charge in [-0.25, -0.2) is 8.42 Å². The second-order valence-electron chi connectivity index (χ2n) is 6.10. The van der Waals surface area contributed by atoms with E-state index in [1.807, 2.05) is 19.1 Å². The molecule has 1 aromatic heterocycles. The topological polar surface area (TPSA) is 57.7 Å². The summed E-state index contributed by atoms with van der Waals surface area (Å²) in [7, 11) is -2.30. The van der Waals surface area contributed by atoms with Gasteiger partial charge in [0.25, 0.3) is 10.0 Å². The van der Waals surface area contributed by atoms with E-state index in [0.717, 1.165) is 45.3 Å². The summed E-state index contributed by atoms with van der Waals surface area (Å²) in [5, 5.41) is 0. The van der Waals surface area contributed by atoms with E-state index in [0.29, 0.717) is 10.9 Å². The average Bonchev–Trinajstić information content (AvgIpc) is 3.01. The molecule has 0 bridgehead atoms. The molecule has 1 aromatic carbocycles. The number of amides is 1. The van der Waals surface area contributed by atoms with Crippen molar-refractivity contribution in [3.63, 3.8) is 0 Å². The Morgan fingerprint density at radius 2 is 2.08 bits per heavy atom. The third-order valence-corrected chi connectivity index (χ3v) is 7.73. The molecule has 25 heavy (non-hydrogen) atoms. The summed E-state index contributed by atoms with van der Waals surface area (Å²) in [6.45, 7) is 2.42. The number of halogens is 1. The van der Waals surface area contributed by atoms with Crippen LogP contribution in [-0.4, -0.2) is 38.8 Å². The van der Waals surface area contributed by atoms with Gasteiger partial charge >= 0.3 is 0 Å². The molecule has 0 unspecified atom stereocenters. The number of sulfonamides is 1. The smallest absolute Gasteiger partial charge is 0.252 e. The quantitative estimate of drug-likeness (QED) is 0.793. The van der Waals surface area contributed by atoms with Gasteiger partial charge in [0.15, 0.2) is 0 Å². The van der Waals surface area contributed by atoms with E-state index >= 15 is 0 Å². The van der Waals surface area contributed by atoms with Crippen LogP contribution in [0.3, 0.4) is 0 Å². The molecule has 0 fully saturated rings. The summed E-state index contributed by atoms with van der Waals surface area (Å²) in [4.78, 5) is 14.4. The number of benzene rings is 1. The van der Waals surface area contributed by atoms with Gasteiger partial charge in [-0.15, -0.1) is 11.3 Å². The molecule has 0 aliphatic carbocycles. The van der Waals surface area contributed by atoms with Crippen molar-refractivity contribution in [3.05, 3.63) is 45.8 Å². The third kappa shape index (κ3) is 3.74. The summed E-state index contributed by atoms with van der Waals surface area (Å²) < 4.78 is 26.7. The van der Waals surface area contributed by atoms with Gasteiger partial charge in [-0.05, 0) is 43.5 Å². The molecule has 5 nitrogen and oxygen atoms in total. The van der Waals surface area contributed by atoms with E-state index < -0.39 is 10.0 Å². The van der Waals surface area contributed by atoms with Crippen LogP contribution in [-0.2, 0) is 21.2 Å². The van der Waals surface area contributed by atoms with Crippen molar-refractivity contribution < 1.29 is 13.2 Å². The van der Waals surface area contributed by atoms with Crippen molar-refractivity contribution in [2.75, 3.05) is 25.0 Å². The normalized spacial score (nSPS) is 14.6. The molecule has 0 radical (unpaired) electrons. The Bertz CT molecular complexity index is 908. The lowest BCUT2D eigenvalue weighted by Gasteiger charge is -2.31. The average molecular weight is 399 g/mol. The van der Waals surface area contributed by atoms with Crippen LogP contribution >= 0.6 is 22.9 Å². The van der Waals surface area contributed by atoms with Crippen molar-refractivity contribution in [2.45, 2.75) is 24.0 Å². The van der Waals surface area contributed by atoms with E-state index in [-0.39, 0.29) is 16.7 Å². The lowest BCUT2D eigenvalue weighted by molar-refractivity contribution is -0.118. The fourth-order valence-corrected chi connectivity index (χ4v) is 5.75. The van der Waals surface area contributed by atoms with Crippen molar-refractivity contribution in [1.29, 1.82) is 0 Å². The molecule has 134 valence electrons. The number of carbonyl (C=O) groups is 1. The summed E-state index contributed by atoms with van der Waals surface area (Å²) in [6.07, 6.45) is 1.81. The highest BCUT2D eigenvalue weighted by Gasteiger charge is 2.29. The number of rotatable bonds is 4. The third-order valence-electron chi connectivity index (χ3n) is 4.23. The Kier molecular flexibility index (Phi) is 5.20. The number of thiophene rings is 1. The highest BCUT2D eigenvalue weighted by atomic mass is 35.5.